The van der Waals surface area contributed by atoms with Gasteiger partial charge in [0.05, 0.1) is 15.6 Å². The smallest absolute Gasteiger partial charge is 0.273 e. The number of nitrogens with zero attached hydrogens (tertiary/aromatic N) is 1. The van der Waals surface area contributed by atoms with Gasteiger partial charge in [-0.1, -0.05) is 40.9 Å². The minimum absolute atomic E-state index is 0.00772. The number of carbonyl (C=O) groups is 1. The summed E-state index contributed by atoms with van der Waals surface area (Å²) in [7, 11) is 0. The average molecular weight is 327 g/mol. The number of halogens is 3. The summed E-state index contributed by atoms with van der Waals surface area (Å²) in [6.07, 6.45) is 0. The summed E-state index contributed by atoms with van der Waals surface area (Å²) in [5, 5.41) is 13.2. The summed E-state index contributed by atoms with van der Waals surface area (Å²) in [5.41, 5.74) is 0.854. The van der Waals surface area contributed by atoms with E-state index in [4.69, 9.17) is 34.8 Å². The van der Waals surface area contributed by atoms with Gasteiger partial charge in [0, 0.05) is 0 Å². The van der Waals surface area contributed by atoms with E-state index in [1.807, 2.05) is 0 Å². The van der Waals surface area contributed by atoms with Gasteiger partial charge in [-0.05, 0) is 30.3 Å². The summed E-state index contributed by atoms with van der Waals surface area (Å²) < 4.78 is 0.541. The Hall–Kier alpha value is -1.55. The van der Waals surface area contributed by atoms with Crippen LogP contribution in [0.2, 0.25) is 15.1 Å². The molecule has 0 atom stereocenters. The first-order valence-electron chi connectivity index (χ1n) is 5.63. The standard InChI is InChI=1S/C14H6Cl3NO2/c15-9-5-4-7(6-11(9)17)12-14(19)8-2-1-3-10(16)13(8)18(12)20/h1-6H. The van der Waals surface area contributed by atoms with Crippen LogP contribution in [0, 0.1) is 5.21 Å². The van der Waals surface area contributed by atoms with Crippen molar-refractivity contribution >= 4 is 52.0 Å². The summed E-state index contributed by atoms with van der Waals surface area (Å²) >= 11 is 17.7. The van der Waals surface area contributed by atoms with Crippen molar-refractivity contribution in [1.29, 1.82) is 0 Å². The zero-order valence-electron chi connectivity index (χ0n) is 9.86. The highest BCUT2D eigenvalue weighted by Crippen LogP contribution is 2.35. The average Bonchev–Trinajstić information content (AvgIpc) is 2.67. The minimum atomic E-state index is -0.379. The molecule has 6 heteroatoms. The fraction of sp³-hybridized carbons (Fsp3) is 0. The van der Waals surface area contributed by atoms with E-state index in [-0.39, 0.29) is 32.8 Å². The van der Waals surface area contributed by atoms with Crippen molar-refractivity contribution in [3.05, 3.63) is 67.8 Å². The number of rotatable bonds is 1. The van der Waals surface area contributed by atoms with Gasteiger partial charge in [-0.25, -0.2) is 0 Å². The van der Waals surface area contributed by atoms with Gasteiger partial charge in [-0.2, -0.15) is 4.74 Å². The molecule has 0 radical (unpaired) electrons. The van der Waals surface area contributed by atoms with Crippen LogP contribution >= 0.6 is 34.8 Å². The first-order valence-corrected chi connectivity index (χ1v) is 6.77. The van der Waals surface area contributed by atoms with Crippen LogP contribution < -0.4 is 0 Å². The molecule has 1 aliphatic rings. The molecule has 0 aliphatic carbocycles. The summed E-state index contributed by atoms with van der Waals surface area (Å²) in [6.45, 7) is 0. The Balaban J connectivity index is 2.23. The predicted molar refractivity (Wildman–Crippen MR) is 79.6 cm³/mol. The second kappa shape index (κ2) is 4.77. The van der Waals surface area contributed by atoms with Crippen molar-refractivity contribution in [2.45, 2.75) is 0 Å². The Morgan fingerprint density at radius 2 is 1.70 bits per heavy atom. The van der Waals surface area contributed by atoms with Crippen molar-refractivity contribution < 1.29 is 9.53 Å². The summed E-state index contributed by atoms with van der Waals surface area (Å²) in [4.78, 5) is 12.3. The number of Topliss-reactive ketones (excluding diaryl/α,β-unsaturated/α-hetero) is 1. The minimum Gasteiger partial charge on any atom is -0.618 e. The third kappa shape index (κ3) is 1.90. The predicted octanol–water partition coefficient (Wildman–Crippen LogP) is 4.47. The quantitative estimate of drug-likeness (QED) is 0.573. The zero-order chi connectivity index (χ0) is 14.4. The fourth-order valence-electron chi connectivity index (χ4n) is 2.13. The van der Waals surface area contributed by atoms with Gasteiger partial charge in [-0.15, -0.1) is 0 Å². The summed E-state index contributed by atoms with van der Waals surface area (Å²) in [6, 6.07) is 9.37. The molecule has 0 N–H and O–H groups in total. The number of hydrogen-bond donors (Lipinski definition) is 0. The lowest BCUT2D eigenvalue weighted by atomic mass is 10.0. The van der Waals surface area contributed by atoms with Crippen LogP contribution in [0.25, 0.3) is 0 Å². The number of ketones is 1. The maximum absolute atomic E-state index is 12.3. The molecule has 0 unspecified atom stereocenters. The lowest BCUT2D eigenvalue weighted by molar-refractivity contribution is -0.355. The topological polar surface area (TPSA) is 43.1 Å². The van der Waals surface area contributed by atoms with Gasteiger partial charge in [0.15, 0.2) is 0 Å². The fourth-order valence-corrected chi connectivity index (χ4v) is 2.68. The lowest BCUT2D eigenvalue weighted by Crippen LogP contribution is -2.16. The molecule has 2 aromatic carbocycles. The number of carbonyl (C=O) groups excluding carboxylic acids is 1. The second-order valence-corrected chi connectivity index (χ2v) is 5.46. The first kappa shape index (κ1) is 13.4. The van der Waals surface area contributed by atoms with E-state index < -0.39 is 0 Å². The molecule has 0 saturated heterocycles. The van der Waals surface area contributed by atoms with E-state index in [2.05, 4.69) is 0 Å². The molecule has 0 fully saturated rings. The SMILES string of the molecule is O=C1C(c2ccc(Cl)c(Cl)c2)=[N+]([O-])c2c(Cl)cccc21. The van der Waals surface area contributed by atoms with E-state index in [0.29, 0.717) is 15.3 Å². The molecule has 0 spiro atoms. The molecule has 1 heterocycles. The third-order valence-electron chi connectivity index (χ3n) is 3.05. The van der Waals surface area contributed by atoms with Gasteiger partial charge < -0.3 is 5.21 Å². The van der Waals surface area contributed by atoms with Gasteiger partial charge >= 0.3 is 0 Å². The monoisotopic (exact) mass is 325 g/mol. The van der Waals surface area contributed by atoms with Crippen LogP contribution in [0.5, 0.6) is 0 Å². The molecule has 20 heavy (non-hydrogen) atoms. The van der Waals surface area contributed by atoms with Crippen molar-refractivity contribution in [3.8, 4) is 0 Å². The van der Waals surface area contributed by atoms with Crippen molar-refractivity contribution in [2.24, 2.45) is 0 Å². The molecular formula is C14H6Cl3NO2. The first-order chi connectivity index (χ1) is 9.50. The van der Waals surface area contributed by atoms with E-state index >= 15 is 0 Å². The van der Waals surface area contributed by atoms with Crippen LogP contribution in [-0.4, -0.2) is 16.2 Å². The molecule has 3 nitrogen and oxygen atoms in total. The van der Waals surface area contributed by atoms with Gasteiger partial charge in [0.2, 0.25) is 5.69 Å². The van der Waals surface area contributed by atoms with E-state index in [0.717, 1.165) is 0 Å². The molecule has 100 valence electrons. The molecule has 3 rings (SSSR count). The van der Waals surface area contributed by atoms with Gasteiger partial charge in [0.1, 0.15) is 10.6 Å². The third-order valence-corrected chi connectivity index (χ3v) is 4.09. The Morgan fingerprint density at radius 3 is 2.35 bits per heavy atom. The van der Waals surface area contributed by atoms with E-state index in [9.17, 15) is 10.0 Å². The van der Waals surface area contributed by atoms with Crippen LogP contribution in [0.4, 0.5) is 5.69 Å². The maximum atomic E-state index is 12.3. The molecular weight excluding hydrogens is 321 g/mol. The van der Waals surface area contributed by atoms with Gasteiger partial charge in [0.25, 0.3) is 11.5 Å². The zero-order valence-corrected chi connectivity index (χ0v) is 12.1. The molecule has 0 amide bonds. The Bertz CT molecular complexity index is 784. The number of hydrogen-bond acceptors (Lipinski definition) is 2. The molecule has 1 aliphatic heterocycles. The molecule has 0 saturated carbocycles. The highest BCUT2D eigenvalue weighted by molar-refractivity contribution is 6.53. The Morgan fingerprint density at radius 1 is 0.950 bits per heavy atom. The van der Waals surface area contributed by atoms with Crippen molar-refractivity contribution in [1.82, 2.24) is 0 Å². The normalized spacial score (nSPS) is 13.8. The van der Waals surface area contributed by atoms with Crippen LogP contribution in [0.15, 0.2) is 36.4 Å². The maximum Gasteiger partial charge on any atom is 0.273 e. The van der Waals surface area contributed by atoms with Crippen LogP contribution in [0.3, 0.4) is 0 Å². The van der Waals surface area contributed by atoms with E-state index in [1.165, 1.54) is 12.1 Å². The number of benzene rings is 2. The molecule has 0 aromatic heterocycles. The number of fused-ring (bicyclic) bond motifs is 1. The largest absolute Gasteiger partial charge is 0.618 e. The highest BCUT2D eigenvalue weighted by atomic mass is 35.5. The van der Waals surface area contributed by atoms with E-state index in [1.54, 1.807) is 24.3 Å². The molecule has 0 bridgehead atoms. The van der Waals surface area contributed by atoms with Crippen molar-refractivity contribution in [3.63, 3.8) is 0 Å². The number of para-hydroxylation sites is 1. The lowest BCUT2D eigenvalue weighted by Gasteiger charge is -2.04. The molecule has 2 aromatic rings. The van der Waals surface area contributed by atoms with Crippen LogP contribution in [-0.2, 0) is 0 Å². The Kier molecular flexibility index (Phi) is 3.21. The van der Waals surface area contributed by atoms with Crippen molar-refractivity contribution in [2.75, 3.05) is 0 Å². The van der Waals surface area contributed by atoms with Gasteiger partial charge in [-0.3, -0.25) is 4.79 Å². The highest BCUT2D eigenvalue weighted by Gasteiger charge is 2.38. The summed E-state index contributed by atoms with van der Waals surface area (Å²) in [5.74, 6) is -0.379. The van der Waals surface area contributed by atoms with Crippen LogP contribution in [0.1, 0.15) is 15.9 Å². The second-order valence-electron chi connectivity index (χ2n) is 4.24. The Labute approximate surface area is 129 Å².